The first kappa shape index (κ1) is 9.64. The van der Waals surface area contributed by atoms with Crippen molar-refractivity contribution in [2.24, 2.45) is 0 Å². The van der Waals surface area contributed by atoms with E-state index < -0.39 is 18.4 Å². The van der Waals surface area contributed by atoms with Crippen LogP contribution in [0, 0.1) is 0 Å². The Kier molecular flexibility index (Phi) is 3.49. The lowest BCUT2D eigenvalue weighted by atomic mass is 9.94. The van der Waals surface area contributed by atoms with Gasteiger partial charge < -0.3 is 4.74 Å². The van der Waals surface area contributed by atoms with E-state index in [0.717, 1.165) is 0 Å². The summed E-state index contributed by atoms with van der Waals surface area (Å²) >= 11 is 1.95. The molecule has 0 saturated heterocycles. The molecular formula is C7H11F2IO. The molecule has 1 fully saturated rings. The summed E-state index contributed by atoms with van der Waals surface area (Å²) in [5, 5.41) is 0. The average Bonchev–Trinajstić information content (AvgIpc) is 2.01. The highest BCUT2D eigenvalue weighted by atomic mass is 127. The predicted octanol–water partition coefficient (Wildman–Crippen LogP) is 2.28. The summed E-state index contributed by atoms with van der Waals surface area (Å²) in [6, 6.07) is 0. The molecule has 1 aliphatic rings. The SMILES string of the molecule is COC1CCC(I)C(F)C1F. The second kappa shape index (κ2) is 3.98. The highest BCUT2D eigenvalue weighted by Crippen LogP contribution is 2.31. The molecule has 66 valence electrons. The topological polar surface area (TPSA) is 9.23 Å². The van der Waals surface area contributed by atoms with Crippen molar-refractivity contribution in [3.63, 3.8) is 0 Å². The highest BCUT2D eigenvalue weighted by molar-refractivity contribution is 14.1. The van der Waals surface area contributed by atoms with E-state index in [2.05, 4.69) is 0 Å². The van der Waals surface area contributed by atoms with E-state index in [0.29, 0.717) is 12.8 Å². The third-order valence-electron chi connectivity index (χ3n) is 2.03. The van der Waals surface area contributed by atoms with Gasteiger partial charge >= 0.3 is 0 Å². The van der Waals surface area contributed by atoms with Crippen molar-refractivity contribution < 1.29 is 13.5 Å². The minimum atomic E-state index is -1.43. The lowest BCUT2D eigenvalue weighted by Gasteiger charge is -2.30. The molecule has 0 bridgehead atoms. The van der Waals surface area contributed by atoms with Gasteiger partial charge in [-0.05, 0) is 12.8 Å². The normalized spacial score (nSPS) is 45.8. The molecule has 0 radical (unpaired) electrons. The summed E-state index contributed by atoms with van der Waals surface area (Å²) in [6.45, 7) is 0. The Hall–Kier alpha value is 0.550. The molecule has 0 heterocycles. The van der Waals surface area contributed by atoms with Crippen LogP contribution < -0.4 is 0 Å². The largest absolute Gasteiger partial charge is 0.378 e. The van der Waals surface area contributed by atoms with Crippen molar-refractivity contribution in [1.29, 1.82) is 0 Å². The summed E-state index contributed by atoms with van der Waals surface area (Å²) in [6.07, 6.45) is -1.98. The summed E-state index contributed by atoms with van der Waals surface area (Å²) in [5.41, 5.74) is 0. The molecule has 0 aliphatic heterocycles. The fourth-order valence-corrected chi connectivity index (χ4v) is 2.05. The van der Waals surface area contributed by atoms with Gasteiger partial charge in [0.1, 0.15) is 6.17 Å². The van der Waals surface area contributed by atoms with Crippen LogP contribution in [0.4, 0.5) is 8.78 Å². The van der Waals surface area contributed by atoms with Gasteiger partial charge in [-0.1, -0.05) is 22.6 Å². The lowest BCUT2D eigenvalue weighted by molar-refractivity contribution is -0.0282. The third kappa shape index (κ3) is 2.02. The smallest absolute Gasteiger partial charge is 0.158 e. The van der Waals surface area contributed by atoms with Gasteiger partial charge in [0.15, 0.2) is 6.17 Å². The molecule has 1 saturated carbocycles. The number of hydrogen-bond acceptors (Lipinski definition) is 1. The molecule has 0 aromatic rings. The van der Waals surface area contributed by atoms with Crippen LogP contribution in [0.2, 0.25) is 0 Å². The first-order valence-electron chi connectivity index (χ1n) is 3.62. The minimum absolute atomic E-state index is 0.186. The summed E-state index contributed by atoms with van der Waals surface area (Å²) < 4.78 is 30.6. The fourth-order valence-electron chi connectivity index (χ4n) is 1.29. The number of alkyl halides is 3. The van der Waals surface area contributed by atoms with Gasteiger partial charge in [0.2, 0.25) is 0 Å². The van der Waals surface area contributed by atoms with Crippen LogP contribution >= 0.6 is 22.6 Å². The minimum Gasteiger partial charge on any atom is -0.378 e. The highest BCUT2D eigenvalue weighted by Gasteiger charge is 2.38. The van der Waals surface area contributed by atoms with Crippen molar-refractivity contribution in [2.45, 2.75) is 35.2 Å². The maximum absolute atomic E-state index is 13.0. The molecule has 0 amide bonds. The Morgan fingerprint density at radius 2 is 1.91 bits per heavy atom. The summed E-state index contributed by atoms with van der Waals surface area (Å²) in [4.78, 5) is 0. The quantitative estimate of drug-likeness (QED) is 0.527. The van der Waals surface area contributed by atoms with Crippen LogP contribution in [0.25, 0.3) is 0 Å². The Morgan fingerprint density at radius 3 is 2.45 bits per heavy atom. The van der Waals surface area contributed by atoms with E-state index in [-0.39, 0.29) is 3.92 Å². The van der Waals surface area contributed by atoms with Crippen LogP contribution in [0.15, 0.2) is 0 Å². The number of hydrogen-bond donors (Lipinski definition) is 0. The fraction of sp³-hybridized carbons (Fsp3) is 1.00. The van der Waals surface area contributed by atoms with E-state index >= 15 is 0 Å². The standard InChI is InChI=1S/C7H11F2IO/c1-11-5-3-2-4(10)6(8)7(5)9/h4-7H,2-3H2,1H3. The summed E-state index contributed by atoms with van der Waals surface area (Å²) in [7, 11) is 1.43. The van der Waals surface area contributed by atoms with E-state index in [1.165, 1.54) is 7.11 Å². The van der Waals surface area contributed by atoms with Gasteiger partial charge in [0.05, 0.1) is 6.10 Å². The molecule has 0 aromatic heterocycles. The van der Waals surface area contributed by atoms with Gasteiger partial charge in [-0.2, -0.15) is 0 Å². The van der Waals surface area contributed by atoms with E-state index in [1.807, 2.05) is 22.6 Å². The molecule has 4 unspecified atom stereocenters. The monoisotopic (exact) mass is 276 g/mol. The number of halogens is 3. The van der Waals surface area contributed by atoms with Crippen molar-refractivity contribution >= 4 is 22.6 Å². The molecule has 0 spiro atoms. The lowest BCUT2D eigenvalue weighted by Crippen LogP contribution is -2.42. The van der Waals surface area contributed by atoms with Crippen molar-refractivity contribution in [3.05, 3.63) is 0 Å². The molecule has 0 aromatic carbocycles. The molecule has 1 aliphatic carbocycles. The summed E-state index contributed by atoms with van der Waals surface area (Å²) in [5.74, 6) is 0. The molecule has 4 atom stereocenters. The molecular weight excluding hydrogens is 265 g/mol. The molecule has 0 N–H and O–H groups in total. The van der Waals surface area contributed by atoms with Crippen molar-refractivity contribution in [2.75, 3.05) is 7.11 Å². The molecule has 1 rings (SSSR count). The van der Waals surface area contributed by atoms with Crippen molar-refractivity contribution in [1.82, 2.24) is 0 Å². The second-order valence-corrected chi connectivity index (χ2v) is 4.36. The van der Waals surface area contributed by atoms with Crippen LogP contribution in [0.3, 0.4) is 0 Å². The zero-order chi connectivity index (χ0) is 8.43. The van der Waals surface area contributed by atoms with E-state index in [9.17, 15) is 8.78 Å². The van der Waals surface area contributed by atoms with Crippen molar-refractivity contribution in [3.8, 4) is 0 Å². The zero-order valence-electron chi connectivity index (χ0n) is 6.27. The molecule has 4 heteroatoms. The third-order valence-corrected chi connectivity index (χ3v) is 3.34. The molecule has 11 heavy (non-hydrogen) atoms. The van der Waals surface area contributed by atoms with E-state index in [1.54, 1.807) is 0 Å². The maximum atomic E-state index is 13.0. The zero-order valence-corrected chi connectivity index (χ0v) is 8.42. The Labute approximate surface area is 78.6 Å². The van der Waals surface area contributed by atoms with Crippen LogP contribution in [0.1, 0.15) is 12.8 Å². The second-order valence-electron chi connectivity index (χ2n) is 2.76. The number of ether oxygens (including phenoxy) is 1. The van der Waals surface area contributed by atoms with Crippen LogP contribution in [0.5, 0.6) is 0 Å². The van der Waals surface area contributed by atoms with Gasteiger partial charge in [-0.15, -0.1) is 0 Å². The van der Waals surface area contributed by atoms with E-state index in [4.69, 9.17) is 4.74 Å². The van der Waals surface area contributed by atoms with Crippen LogP contribution in [-0.2, 0) is 4.74 Å². The first-order valence-corrected chi connectivity index (χ1v) is 4.86. The number of rotatable bonds is 1. The first-order chi connectivity index (χ1) is 5.16. The predicted molar refractivity (Wildman–Crippen MR) is 47.6 cm³/mol. The van der Waals surface area contributed by atoms with Gasteiger partial charge in [0, 0.05) is 11.0 Å². The Balaban J connectivity index is 2.52. The molecule has 1 nitrogen and oxygen atoms in total. The maximum Gasteiger partial charge on any atom is 0.158 e. The Bertz CT molecular complexity index is 132. The van der Waals surface area contributed by atoms with Gasteiger partial charge in [-0.3, -0.25) is 0 Å². The van der Waals surface area contributed by atoms with Crippen LogP contribution in [-0.4, -0.2) is 29.5 Å². The average molecular weight is 276 g/mol. The Morgan fingerprint density at radius 1 is 1.27 bits per heavy atom. The van der Waals surface area contributed by atoms with Gasteiger partial charge in [-0.25, -0.2) is 8.78 Å². The van der Waals surface area contributed by atoms with Gasteiger partial charge in [0.25, 0.3) is 0 Å². The number of methoxy groups -OCH3 is 1.